The number of hydrogen-bond donors (Lipinski definition) is 0. The second kappa shape index (κ2) is 5.49. The molecule has 0 spiro atoms. The minimum absolute atomic E-state index is 0.164. The first-order valence-electron chi connectivity index (χ1n) is 4.57. The molecule has 0 amide bonds. The van der Waals surface area contributed by atoms with Crippen LogP contribution < -0.4 is 0 Å². The SMILES string of the molecule is CN(C)CCSc1nccc(C(F)(F)F)n1. The molecule has 0 radical (unpaired) electrons. The van der Waals surface area contributed by atoms with Crippen LogP contribution in [-0.4, -0.2) is 41.3 Å². The maximum absolute atomic E-state index is 12.3. The predicted octanol–water partition coefficient (Wildman–Crippen LogP) is 2.15. The van der Waals surface area contributed by atoms with Gasteiger partial charge in [0.15, 0.2) is 5.16 Å². The molecule has 0 N–H and O–H groups in total. The van der Waals surface area contributed by atoms with Crippen molar-refractivity contribution in [2.45, 2.75) is 11.3 Å². The zero-order valence-corrected chi connectivity index (χ0v) is 9.77. The van der Waals surface area contributed by atoms with Crippen LogP contribution in [-0.2, 0) is 6.18 Å². The van der Waals surface area contributed by atoms with Gasteiger partial charge in [-0.25, -0.2) is 9.97 Å². The highest BCUT2D eigenvalue weighted by Crippen LogP contribution is 2.28. The van der Waals surface area contributed by atoms with Gasteiger partial charge in [-0.2, -0.15) is 13.2 Å². The van der Waals surface area contributed by atoms with E-state index in [1.807, 2.05) is 19.0 Å². The number of aromatic nitrogens is 2. The van der Waals surface area contributed by atoms with Gasteiger partial charge in [-0.3, -0.25) is 0 Å². The lowest BCUT2D eigenvalue weighted by atomic mass is 10.4. The summed E-state index contributed by atoms with van der Waals surface area (Å²) in [6.07, 6.45) is -3.27. The molecule has 90 valence electrons. The van der Waals surface area contributed by atoms with Gasteiger partial charge in [0.25, 0.3) is 0 Å². The summed E-state index contributed by atoms with van der Waals surface area (Å²) in [6, 6.07) is 0.871. The minimum Gasteiger partial charge on any atom is -0.309 e. The second-order valence-corrected chi connectivity index (χ2v) is 4.44. The van der Waals surface area contributed by atoms with Crippen LogP contribution in [0.15, 0.2) is 17.4 Å². The van der Waals surface area contributed by atoms with E-state index in [0.717, 1.165) is 18.8 Å². The quantitative estimate of drug-likeness (QED) is 0.605. The molecule has 0 atom stereocenters. The fraction of sp³-hybridized carbons (Fsp3) is 0.556. The molecule has 1 aromatic heterocycles. The van der Waals surface area contributed by atoms with Crippen LogP contribution in [0, 0.1) is 0 Å². The van der Waals surface area contributed by atoms with Gasteiger partial charge in [-0.15, -0.1) is 0 Å². The Morgan fingerprint density at radius 3 is 2.62 bits per heavy atom. The van der Waals surface area contributed by atoms with E-state index in [4.69, 9.17) is 0 Å². The Morgan fingerprint density at radius 1 is 1.38 bits per heavy atom. The standard InChI is InChI=1S/C9H12F3N3S/c1-15(2)5-6-16-8-13-4-3-7(14-8)9(10,11)12/h3-4H,5-6H2,1-2H3. The smallest absolute Gasteiger partial charge is 0.309 e. The fourth-order valence-electron chi connectivity index (χ4n) is 0.888. The third-order valence-electron chi connectivity index (χ3n) is 1.69. The summed E-state index contributed by atoms with van der Waals surface area (Å²) >= 11 is 1.22. The molecule has 0 aliphatic rings. The lowest BCUT2D eigenvalue weighted by molar-refractivity contribution is -0.141. The lowest BCUT2D eigenvalue weighted by Gasteiger charge is -2.09. The van der Waals surface area contributed by atoms with E-state index in [9.17, 15) is 13.2 Å². The van der Waals surface area contributed by atoms with E-state index < -0.39 is 11.9 Å². The molecule has 0 unspecified atom stereocenters. The third-order valence-corrected chi connectivity index (χ3v) is 2.54. The van der Waals surface area contributed by atoms with E-state index in [1.54, 1.807) is 0 Å². The Balaban J connectivity index is 2.61. The lowest BCUT2D eigenvalue weighted by Crippen LogP contribution is -2.15. The summed E-state index contributed by atoms with van der Waals surface area (Å²) < 4.78 is 36.9. The van der Waals surface area contributed by atoms with Crippen molar-refractivity contribution in [3.05, 3.63) is 18.0 Å². The van der Waals surface area contributed by atoms with E-state index in [2.05, 4.69) is 9.97 Å². The summed E-state index contributed by atoms with van der Waals surface area (Å²) in [6.45, 7) is 0.768. The van der Waals surface area contributed by atoms with Crippen molar-refractivity contribution in [2.24, 2.45) is 0 Å². The Bertz CT molecular complexity index is 341. The minimum atomic E-state index is -4.40. The molecule has 0 saturated heterocycles. The summed E-state index contributed by atoms with van der Waals surface area (Å²) in [5, 5.41) is 0.164. The van der Waals surface area contributed by atoms with Gasteiger partial charge in [-0.05, 0) is 20.2 Å². The van der Waals surface area contributed by atoms with Crippen LogP contribution in [0.2, 0.25) is 0 Å². The second-order valence-electron chi connectivity index (χ2n) is 3.37. The summed E-state index contributed by atoms with van der Waals surface area (Å²) in [5.74, 6) is 0.661. The summed E-state index contributed by atoms with van der Waals surface area (Å²) in [5.41, 5.74) is -0.894. The molecule has 1 aromatic rings. The van der Waals surface area contributed by atoms with Crippen LogP contribution in [0.4, 0.5) is 13.2 Å². The Labute approximate surface area is 96.1 Å². The number of rotatable bonds is 4. The first-order valence-corrected chi connectivity index (χ1v) is 5.56. The molecular weight excluding hydrogens is 239 g/mol. The summed E-state index contributed by atoms with van der Waals surface area (Å²) in [4.78, 5) is 9.18. The highest BCUT2D eigenvalue weighted by Gasteiger charge is 2.32. The van der Waals surface area contributed by atoms with Gasteiger partial charge in [0.05, 0.1) is 0 Å². The van der Waals surface area contributed by atoms with Crippen LogP contribution >= 0.6 is 11.8 Å². The topological polar surface area (TPSA) is 29.0 Å². The molecule has 16 heavy (non-hydrogen) atoms. The highest BCUT2D eigenvalue weighted by molar-refractivity contribution is 7.99. The first kappa shape index (κ1) is 13.2. The van der Waals surface area contributed by atoms with E-state index in [-0.39, 0.29) is 5.16 Å². The van der Waals surface area contributed by atoms with Crippen LogP contribution in [0.1, 0.15) is 5.69 Å². The van der Waals surface area contributed by atoms with Crippen LogP contribution in [0.3, 0.4) is 0 Å². The van der Waals surface area contributed by atoms with Gasteiger partial charge in [-0.1, -0.05) is 11.8 Å². The molecule has 0 bridgehead atoms. The maximum Gasteiger partial charge on any atom is 0.433 e. The van der Waals surface area contributed by atoms with Gasteiger partial charge >= 0.3 is 6.18 Å². The van der Waals surface area contributed by atoms with Gasteiger partial charge in [0.2, 0.25) is 0 Å². The van der Waals surface area contributed by atoms with E-state index in [1.165, 1.54) is 11.8 Å². The molecule has 1 rings (SSSR count). The monoisotopic (exact) mass is 251 g/mol. The number of nitrogens with zero attached hydrogens (tertiary/aromatic N) is 3. The molecule has 0 fully saturated rings. The van der Waals surface area contributed by atoms with Gasteiger partial charge in [0.1, 0.15) is 5.69 Å². The zero-order valence-electron chi connectivity index (χ0n) is 8.95. The van der Waals surface area contributed by atoms with Crippen molar-refractivity contribution in [1.29, 1.82) is 0 Å². The number of thioether (sulfide) groups is 1. The van der Waals surface area contributed by atoms with Crippen molar-refractivity contribution >= 4 is 11.8 Å². The normalized spacial score (nSPS) is 12.1. The third kappa shape index (κ3) is 4.36. The predicted molar refractivity (Wildman–Crippen MR) is 56.3 cm³/mol. The van der Waals surface area contributed by atoms with Crippen LogP contribution in [0.25, 0.3) is 0 Å². The van der Waals surface area contributed by atoms with E-state index >= 15 is 0 Å². The molecular formula is C9H12F3N3S. The highest BCUT2D eigenvalue weighted by atomic mass is 32.2. The molecule has 0 aliphatic carbocycles. The Kier molecular flexibility index (Phi) is 4.55. The van der Waals surface area contributed by atoms with Crippen molar-refractivity contribution in [3.8, 4) is 0 Å². The zero-order chi connectivity index (χ0) is 12.2. The average molecular weight is 251 g/mol. The van der Waals surface area contributed by atoms with Crippen molar-refractivity contribution in [1.82, 2.24) is 14.9 Å². The Morgan fingerprint density at radius 2 is 2.06 bits per heavy atom. The molecule has 7 heteroatoms. The molecule has 0 saturated carbocycles. The van der Waals surface area contributed by atoms with Crippen LogP contribution in [0.5, 0.6) is 0 Å². The summed E-state index contributed by atoms with van der Waals surface area (Å²) in [7, 11) is 3.79. The van der Waals surface area contributed by atoms with Gasteiger partial charge in [0, 0.05) is 18.5 Å². The fourth-order valence-corrected chi connectivity index (χ4v) is 1.83. The van der Waals surface area contributed by atoms with Crippen molar-refractivity contribution in [3.63, 3.8) is 0 Å². The van der Waals surface area contributed by atoms with Gasteiger partial charge < -0.3 is 4.90 Å². The molecule has 0 aromatic carbocycles. The number of alkyl halides is 3. The van der Waals surface area contributed by atoms with Crippen molar-refractivity contribution in [2.75, 3.05) is 26.4 Å². The first-order chi connectivity index (χ1) is 7.39. The maximum atomic E-state index is 12.3. The number of hydrogen-bond acceptors (Lipinski definition) is 4. The van der Waals surface area contributed by atoms with E-state index in [0.29, 0.717) is 5.75 Å². The molecule has 0 aliphatic heterocycles. The average Bonchev–Trinajstić information content (AvgIpc) is 2.16. The van der Waals surface area contributed by atoms with Crippen molar-refractivity contribution < 1.29 is 13.2 Å². The molecule has 1 heterocycles. The Hall–Kier alpha value is -0.820. The number of halogens is 3. The molecule has 3 nitrogen and oxygen atoms in total. The largest absolute Gasteiger partial charge is 0.433 e.